The summed E-state index contributed by atoms with van der Waals surface area (Å²) < 4.78 is 16.6. The zero-order valence-electron chi connectivity index (χ0n) is 15.4. The lowest BCUT2D eigenvalue weighted by atomic mass is 10.0. The van der Waals surface area contributed by atoms with Crippen molar-refractivity contribution in [1.82, 2.24) is 19.7 Å². The van der Waals surface area contributed by atoms with Crippen LogP contribution in [0.15, 0.2) is 60.9 Å². The van der Waals surface area contributed by atoms with Crippen molar-refractivity contribution in [1.29, 1.82) is 0 Å². The molecule has 0 spiro atoms. The first kappa shape index (κ1) is 17.0. The molecule has 4 aromatic rings. The lowest BCUT2D eigenvalue weighted by Crippen LogP contribution is -2.22. The van der Waals surface area contributed by atoms with Crippen molar-refractivity contribution < 1.29 is 9.50 Å². The summed E-state index contributed by atoms with van der Waals surface area (Å²) in [6.45, 7) is 0.835. The monoisotopic (exact) mass is 374 g/mol. The maximum atomic E-state index is 14.8. The molecule has 2 aromatic carbocycles. The van der Waals surface area contributed by atoms with E-state index in [2.05, 4.69) is 10.1 Å². The number of benzene rings is 2. The Hall–Kier alpha value is -3.09. The van der Waals surface area contributed by atoms with Crippen LogP contribution < -0.4 is 0 Å². The van der Waals surface area contributed by atoms with Crippen molar-refractivity contribution in [2.45, 2.75) is 19.3 Å². The van der Waals surface area contributed by atoms with Gasteiger partial charge in [0.05, 0.1) is 17.4 Å². The largest absolute Gasteiger partial charge is 0.374 e. The predicted molar refractivity (Wildman–Crippen MR) is 105 cm³/mol. The van der Waals surface area contributed by atoms with Gasteiger partial charge in [0.2, 0.25) is 0 Å². The Morgan fingerprint density at radius 1 is 1.14 bits per heavy atom. The molecule has 1 aliphatic rings. The van der Waals surface area contributed by atoms with Gasteiger partial charge in [-0.2, -0.15) is 5.10 Å². The molecule has 3 heterocycles. The molecule has 0 saturated heterocycles. The van der Waals surface area contributed by atoms with Gasteiger partial charge in [-0.3, -0.25) is 14.6 Å². The second kappa shape index (κ2) is 6.51. The van der Waals surface area contributed by atoms with Crippen LogP contribution in [0.4, 0.5) is 4.39 Å². The Morgan fingerprint density at radius 3 is 2.79 bits per heavy atom. The van der Waals surface area contributed by atoms with Crippen molar-refractivity contribution >= 4 is 10.9 Å². The van der Waals surface area contributed by atoms with Crippen molar-refractivity contribution in [2.24, 2.45) is 7.05 Å². The van der Waals surface area contributed by atoms with E-state index in [-0.39, 0.29) is 5.82 Å². The summed E-state index contributed by atoms with van der Waals surface area (Å²) in [5.41, 5.74) is 5.00. The normalized spacial score (nSPS) is 16.6. The number of aliphatic hydroxyl groups excluding tert-OH is 1. The van der Waals surface area contributed by atoms with Crippen molar-refractivity contribution in [3.8, 4) is 11.1 Å². The summed E-state index contributed by atoms with van der Waals surface area (Å²) in [7, 11) is 1.90. The molecule has 0 bridgehead atoms. The van der Waals surface area contributed by atoms with Crippen LogP contribution >= 0.6 is 0 Å². The molecular formula is C22H19FN4O. The molecule has 28 heavy (non-hydrogen) atoms. The highest BCUT2D eigenvalue weighted by atomic mass is 19.1. The first-order valence-corrected chi connectivity index (χ1v) is 9.16. The quantitative estimate of drug-likeness (QED) is 0.593. The first-order valence-electron chi connectivity index (χ1n) is 9.16. The van der Waals surface area contributed by atoms with Gasteiger partial charge < -0.3 is 5.11 Å². The number of aryl methyl sites for hydroxylation is 1. The van der Waals surface area contributed by atoms with E-state index in [0.717, 1.165) is 33.3 Å². The van der Waals surface area contributed by atoms with Crippen LogP contribution in [0.1, 0.15) is 23.0 Å². The van der Waals surface area contributed by atoms with E-state index < -0.39 is 6.23 Å². The Bertz CT molecular complexity index is 1190. The van der Waals surface area contributed by atoms with Gasteiger partial charge in [-0.15, -0.1) is 0 Å². The maximum absolute atomic E-state index is 14.8. The Labute approximate surface area is 161 Å². The van der Waals surface area contributed by atoms with E-state index in [1.807, 2.05) is 53.2 Å². The molecule has 5 rings (SSSR count). The second-order valence-corrected chi connectivity index (χ2v) is 7.17. The number of nitrogens with zero attached hydrogens (tertiary/aromatic N) is 4. The van der Waals surface area contributed by atoms with E-state index in [0.29, 0.717) is 18.7 Å². The van der Waals surface area contributed by atoms with Crippen LogP contribution in [0.2, 0.25) is 0 Å². The Morgan fingerprint density at radius 2 is 1.96 bits per heavy atom. The minimum Gasteiger partial charge on any atom is -0.374 e. The van der Waals surface area contributed by atoms with E-state index in [4.69, 9.17) is 0 Å². The number of fused-ring (bicyclic) bond motifs is 2. The molecule has 0 aliphatic carbocycles. The molecule has 6 heteroatoms. The number of hydrogen-bond acceptors (Lipinski definition) is 4. The molecule has 2 aromatic heterocycles. The first-order chi connectivity index (χ1) is 13.6. The molecular weight excluding hydrogens is 355 g/mol. The zero-order valence-corrected chi connectivity index (χ0v) is 15.4. The number of aromatic nitrogens is 3. The number of rotatable bonds is 3. The molecule has 1 atom stereocenters. The van der Waals surface area contributed by atoms with Crippen LogP contribution in [0.25, 0.3) is 22.0 Å². The lowest BCUT2D eigenvalue weighted by molar-refractivity contribution is 0.00695. The average molecular weight is 374 g/mol. The number of aliphatic hydroxyl groups is 1. The van der Waals surface area contributed by atoms with Crippen molar-refractivity contribution in [3.05, 3.63) is 83.6 Å². The molecule has 5 nitrogen and oxygen atoms in total. The van der Waals surface area contributed by atoms with Gasteiger partial charge in [0, 0.05) is 42.8 Å². The molecule has 0 amide bonds. The average Bonchev–Trinajstić information content (AvgIpc) is 3.23. The summed E-state index contributed by atoms with van der Waals surface area (Å²) >= 11 is 0. The van der Waals surface area contributed by atoms with Crippen LogP contribution in [0.3, 0.4) is 0 Å². The maximum Gasteiger partial charge on any atom is 0.136 e. The van der Waals surface area contributed by atoms with Crippen LogP contribution in [0.5, 0.6) is 0 Å². The van der Waals surface area contributed by atoms with Gasteiger partial charge in [-0.25, -0.2) is 4.39 Å². The molecule has 1 N–H and O–H groups in total. The summed E-state index contributed by atoms with van der Waals surface area (Å²) in [6.07, 6.45) is 2.77. The van der Waals surface area contributed by atoms with Gasteiger partial charge in [0.1, 0.15) is 12.0 Å². The lowest BCUT2D eigenvalue weighted by Gasteiger charge is -2.20. The van der Waals surface area contributed by atoms with Gasteiger partial charge in [0.15, 0.2) is 0 Å². The van der Waals surface area contributed by atoms with E-state index in [1.54, 1.807) is 24.4 Å². The molecule has 0 fully saturated rings. The van der Waals surface area contributed by atoms with Gasteiger partial charge in [0.25, 0.3) is 0 Å². The number of hydrogen-bond donors (Lipinski definition) is 1. The minimum absolute atomic E-state index is 0.278. The fourth-order valence-electron chi connectivity index (χ4n) is 3.85. The minimum atomic E-state index is -0.754. The van der Waals surface area contributed by atoms with Gasteiger partial charge >= 0.3 is 0 Å². The molecule has 1 aliphatic heterocycles. The van der Waals surface area contributed by atoms with Gasteiger partial charge in [-0.05, 0) is 35.4 Å². The van der Waals surface area contributed by atoms with Crippen LogP contribution in [0, 0.1) is 5.82 Å². The van der Waals surface area contributed by atoms with Crippen LogP contribution in [-0.4, -0.2) is 24.8 Å². The zero-order chi connectivity index (χ0) is 19.3. The predicted octanol–water partition coefficient (Wildman–Crippen LogP) is 3.78. The molecule has 0 radical (unpaired) electrons. The number of pyridine rings is 1. The van der Waals surface area contributed by atoms with E-state index >= 15 is 0 Å². The highest BCUT2D eigenvalue weighted by Crippen LogP contribution is 2.32. The highest BCUT2D eigenvalue weighted by Gasteiger charge is 2.29. The Kier molecular flexibility index (Phi) is 3.96. The fourth-order valence-corrected chi connectivity index (χ4v) is 3.85. The highest BCUT2D eigenvalue weighted by molar-refractivity contribution is 5.84. The summed E-state index contributed by atoms with van der Waals surface area (Å²) in [6, 6.07) is 14.9. The van der Waals surface area contributed by atoms with Crippen molar-refractivity contribution in [3.63, 3.8) is 0 Å². The fraction of sp³-hybridized carbons (Fsp3) is 0.182. The Balaban J connectivity index is 1.40. The summed E-state index contributed by atoms with van der Waals surface area (Å²) in [5.74, 6) is -0.278. The van der Waals surface area contributed by atoms with Gasteiger partial charge in [-0.1, -0.05) is 24.3 Å². The second-order valence-electron chi connectivity index (χ2n) is 7.17. The third kappa shape index (κ3) is 2.78. The smallest absolute Gasteiger partial charge is 0.136 e. The molecule has 1 unspecified atom stereocenters. The third-order valence-electron chi connectivity index (χ3n) is 5.41. The topological polar surface area (TPSA) is 54.2 Å². The third-order valence-corrected chi connectivity index (χ3v) is 5.41. The standard InChI is InChI=1S/C22H19FN4O/c1-26-21-7-6-14(9-17(21)11-25-26)15-4-5-16(19(23)10-15)12-27-13-20-18(22(27)28)3-2-8-24-20/h2-11,22,28H,12-13H2,1H3. The van der Waals surface area contributed by atoms with E-state index in [1.165, 1.54) is 0 Å². The number of halogens is 1. The van der Waals surface area contributed by atoms with Crippen LogP contribution in [-0.2, 0) is 20.1 Å². The van der Waals surface area contributed by atoms with E-state index in [9.17, 15) is 9.50 Å². The summed E-state index contributed by atoms with van der Waals surface area (Å²) in [5, 5.41) is 15.8. The van der Waals surface area contributed by atoms with Crippen molar-refractivity contribution in [2.75, 3.05) is 0 Å². The molecule has 140 valence electrons. The molecule has 0 saturated carbocycles. The summed E-state index contributed by atoms with van der Waals surface area (Å²) in [4.78, 5) is 6.12. The SMILES string of the molecule is Cn1ncc2cc(-c3ccc(CN4Cc5ncccc5C4O)c(F)c3)ccc21.